The van der Waals surface area contributed by atoms with Crippen LogP contribution in [0.2, 0.25) is 0 Å². The fourth-order valence-electron chi connectivity index (χ4n) is 4.01. The van der Waals surface area contributed by atoms with Gasteiger partial charge in [-0.1, -0.05) is 48.5 Å². The van der Waals surface area contributed by atoms with Crippen molar-refractivity contribution in [2.45, 2.75) is 31.7 Å². The lowest BCUT2D eigenvalue weighted by Crippen LogP contribution is -2.36. The average Bonchev–Trinajstić information content (AvgIpc) is 2.84. The molecule has 1 aliphatic heterocycles. The lowest BCUT2D eigenvalue weighted by molar-refractivity contribution is -0.119. The van der Waals surface area contributed by atoms with Crippen LogP contribution < -0.4 is 5.32 Å². The van der Waals surface area contributed by atoms with E-state index in [0.29, 0.717) is 18.7 Å². The molecule has 0 radical (unpaired) electrons. The first-order valence-electron chi connectivity index (χ1n) is 11.0. The minimum Gasteiger partial charge on any atom is -0.452 e. The molecule has 4 rings (SSSR count). The number of anilines is 1. The average molecular weight is 479 g/mol. The zero-order chi connectivity index (χ0) is 24.3. The lowest BCUT2D eigenvalue weighted by atomic mass is 10.0. The van der Waals surface area contributed by atoms with Crippen LogP contribution in [0, 0.1) is 13.8 Å². The number of nitrogens with one attached hydrogen (secondary N) is 1. The normalized spacial score (nSPS) is 13.7. The number of aryl methyl sites for hydroxylation is 2. The van der Waals surface area contributed by atoms with Crippen molar-refractivity contribution in [1.29, 1.82) is 0 Å². The third kappa shape index (κ3) is 5.03. The van der Waals surface area contributed by atoms with Crippen LogP contribution in [0.5, 0.6) is 0 Å². The van der Waals surface area contributed by atoms with Gasteiger partial charge in [0.15, 0.2) is 6.61 Å². The number of nitrogens with zero attached hydrogens (tertiary/aromatic N) is 1. The number of benzene rings is 3. The van der Waals surface area contributed by atoms with Crippen LogP contribution in [0.15, 0.2) is 71.6 Å². The molecule has 0 atom stereocenters. The molecule has 0 fully saturated rings. The van der Waals surface area contributed by atoms with Gasteiger partial charge in [0.2, 0.25) is 10.0 Å². The van der Waals surface area contributed by atoms with Gasteiger partial charge in [-0.25, -0.2) is 13.2 Å². The van der Waals surface area contributed by atoms with Crippen molar-refractivity contribution in [2.75, 3.05) is 18.5 Å². The molecule has 34 heavy (non-hydrogen) atoms. The number of para-hydroxylation sites is 1. The summed E-state index contributed by atoms with van der Waals surface area (Å²) < 4.78 is 33.0. The summed E-state index contributed by atoms with van der Waals surface area (Å²) in [5.74, 6) is -1.24. The highest BCUT2D eigenvalue weighted by atomic mass is 32.2. The summed E-state index contributed by atoms with van der Waals surface area (Å²) >= 11 is 0. The van der Waals surface area contributed by atoms with Gasteiger partial charge in [-0.15, -0.1) is 0 Å². The Morgan fingerprint density at radius 3 is 2.35 bits per heavy atom. The Kier molecular flexibility index (Phi) is 6.81. The highest BCUT2D eigenvalue weighted by Crippen LogP contribution is 2.25. The van der Waals surface area contributed by atoms with Crippen molar-refractivity contribution in [3.05, 3.63) is 94.5 Å². The topological polar surface area (TPSA) is 92.8 Å². The SMILES string of the molecule is Cc1cccc(C)c1NC(=O)COC(=O)c1cccc(S(=O)(=O)N2CCc3ccccc3C2)c1. The van der Waals surface area contributed by atoms with E-state index in [0.717, 1.165) is 22.3 Å². The quantitative estimate of drug-likeness (QED) is 0.544. The Morgan fingerprint density at radius 2 is 1.62 bits per heavy atom. The van der Waals surface area contributed by atoms with Crippen LogP contribution in [-0.4, -0.2) is 37.8 Å². The van der Waals surface area contributed by atoms with E-state index in [4.69, 9.17) is 4.74 Å². The second-order valence-electron chi connectivity index (χ2n) is 8.28. The molecule has 1 amide bonds. The highest BCUT2D eigenvalue weighted by molar-refractivity contribution is 7.89. The van der Waals surface area contributed by atoms with E-state index >= 15 is 0 Å². The van der Waals surface area contributed by atoms with Crippen LogP contribution in [0.25, 0.3) is 0 Å². The molecule has 1 N–H and O–H groups in total. The fraction of sp³-hybridized carbons (Fsp3) is 0.231. The monoisotopic (exact) mass is 478 g/mol. The molecule has 1 heterocycles. The molecule has 7 nitrogen and oxygen atoms in total. The maximum Gasteiger partial charge on any atom is 0.338 e. The number of esters is 1. The molecule has 0 aliphatic carbocycles. The van der Waals surface area contributed by atoms with Gasteiger partial charge in [-0.2, -0.15) is 4.31 Å². The first-order chi connectivity index (χ1) is 16.3. The third-order valence-electron chi connectivity index (χ3n) is 5.88. The minimum atomic E-state index is -3.80. The Bertz CT molecular complexity index is 1330. The molecule has 0 aromatic heterocycles. The summed E-state index contributed by atoms with van der Waals surface area (Å²) in [7, 11) is -3.80. The Labute approximate surface area is 199 Å². The Morgan fingerprint density at radius 1 is 0.941 bits per heavy atom. The summed E-state index contributed by atoms with van der Waals surface area (Å²) in [6.45, 7) is 3.92. The van der Waals surface area contributed by atoms with Crippen molar-refractivity contribution in [3.63, 3.8) is 0 Å². The molecule has 0 saturated carbocycles. The van der Waals surface area contributed by atoms with Gasteiger partial charge in [0.25, 0.3) is 5.91 Å². The first-order valence-corrected chi connectivity index (χ1v) is 12.4. The lowest BCUT2D eigenvalue weighted by Gasteiger charge is -2.28. The molecule has 0 unspecified atom stereocenters. The molecular weight excluding hydrogens is 452 g/mol. The molecular formula is C26H26N2O5S. The van der Waals surface area contributed by atoms with Gasteiger partial charge in [0.1, 0.15) is 0 Å². The number of hydrogen-bond acceptors (Lipinski definition) is 5. The standard InChI is InChI=1S/C26H26N2O5S/c1-18-7-5-8-19(2)25(18)27-24(29)17-33-26(30)21-11-6-12-23(15-21)34(31,32)28-14-13-20-9-3-4-10-22(20)16-28/h3-12,15H,13-14,16-17H2,1-2H3,(H,27,29). The summed E-state index contributed by atoms with van der Waals surface area (Å²) in [6.07, 6.45) is 0.632. The van der Waals surface area contributed by atoms with E-state index in [1.165, 1.54) is 28.6 Å². The molecule has 0 bridgehead atoms. The molecule has 176 valence electrons. The van der Waals surface area contributed by atoms with Gasteiger partial charge in [0.05, 0.1) is 10.5 Å². The van der Waals surface area contributed by atoms with Crippen LogP contribution in [0.1, 0.15) is 32.6 Å². The van der Waals surface area contributed by atoms with E-state index in [9.17, 15) is 18.0 Å². The van der Waals surface area contributed by atoms with Gasteiger partial charge >= 0.3 is 5.97 Å². The van der Waals surface area contributed by atoms with Gasteiger partial charge in [-0.05, 0) is 60.7 Å². The number of carbonyl (C=O) groups excluding carboxylic acids is 2. The van der Waals surface area contributed by atoms with E-state index < -0.39 is 28.5 Å². The molecule has 3 aromatic rings. The summed E-state index contributed by atoms with van der Waals surface area (Å²) in [5, 5.41) is 2.75. The summed E-state index contributed by atoms with van der Waals surface area (Å²) in [6, 6.07) is 19.1. The van der Waals surface area contributed by atoms with Crippen molar-refractivity contribution in [2.24, 2.45) is 0 Å². The van der Waals surface area contributed by atoms with Crippen LogP contribution in [-0.2, 0) is 32.5 Å². The van der Waals surface area contributed by atoms with Gasteiger partial charge in [-0.3, -0.25) is 4.79 Å². The molecule has 1 aliphatic rings. The van der Waals surface area contributed by atoms with Crippen molar-refractivity contribution in [3.8, 4) is 0 Å². The maximum atomic E-state index is 13.2. The number of amides is 1. The predicted molar refractivity (Wildman–Crippen MR) is 129 cm³/mol. The van der Waals surface area contributed by atoms with E-state index in [-0.39, 0.29) is 17.0 Å². The zero-order valence-corrected chi connectivity index (χ0v) is 19.9. The number of ether oxygens (including phenoxy) is 1. The number of carbonyl (C=O) groups is 2. The predicted octanol–water partition coefficient (Wildman–Crippen LogP) is 3.85. The second-order valence-corrected chi connectivity index (χ2v) is 10.2. The number of rotatable bonds is 6. The fourth-order valence-corrected chi connectivity index (χ4v) is 5.47. The van der Waals surface area contributed by atoms with Crippen LogP contribution >= 0.6 is 0 Å². The highest BCUT2D eigenvalue weighted by Gasteiger charge is 2.29. The van der Waals surface area contributed by atoms with E-state index in [1.807, 2.05) is 56.3 Å². The van der Waals surface area contributed by atoms with E-state index in [1.54, 1.807) is 0 Å². The number of hydrogen-bond donors (Lipinski definition) is 1. The number of fused-ring (bicyclic) bond motifs is 1. The summed E-state index contributed by atoms with van der Waals surface area (Å²) in [5.41, 5.74) is 4.67. The molecule has 8 heteroatoms. The second kappa shape index (κ2) is 9.79. The molecule has 0 spiro atoms. The van der Waals surface area contributed by atoms with Crippen LogP contribution in [0.3, 0.4) is 0 Å². The van der Waals surface area contributed by atoms with Gasteiger partial charge < -0.3 is 10.1 Å². The van der Waals surface area contributed by atoms with E-state index in [2.05, 4.69) is 5.32 Å². The van der Waals surface area contributed by atoms with Crippen molar-refractivity contribution < 1.29 is 22.7 Å². The Hall–Kier alpha value is -3.49. The van der Waals surface area contributed by atoms with Crippen LogP contribution in [0.4, 0.5) is 5.69 Å². The minimum absolute atomic E-state index is 0.0151. The van der Waals surface area contributed by atoms with Gasteiger partial charge in [0, 0.05) is 18.8 Å². The third-order valence-corrected chi connectivity index (χ3v) is 7.72. The maximum absolute atomic E-state index is 13.2. The summed E-state index contributed by atoms with van der Waals surface area (Å²) in [4.78, 5) is 24.9. The smallest absolute Gasteiger partial charge is 0.338 e. The molecule has 0 saturated heterocycles. The molecule has 3 aromatic carbocycles. The zero-order valence-electron chi connectivity index (χ0n) is 19.1. The van der Waals surface area contributed by atoms with Crippen molar-refractivity contribution in [1.82, 2.24) is 4.31 Å². The largest absolute Gasteiger partial charge is 0.452 e. The Balaban J connectivity index is 1.43. The van der Waals surface area contributed by atoms with Crippen molar-refractivity contribution >= 4 is 27.6 Å². The number of sulfonamides is 1. The first kappa shape index (κ1) is 23.7.